The van der Waals surface area contributed by atoms with E-state index in [0.717, 1.165) is 32.2 Å². The molecule has 0 spiro atoms. The molecule has 1 atom stereocenters. The highest BCUT2D eigenvalue weighted by Gasteiger charge is 2.24. The Bertz CT molecular complexity index is 582. The number of aromatic nitrogens is 1. The summed E-state index contributed by atoms with van der Waals surface area (Å²) in [6.07, 6.45) is 3.99. The molecule has 0 saturated heterocycles. The van der Waals surface area contributed by atoms with Gasteiger partial charge >= 0.3 is 0 Å². The van der Waals surface area contributed by atoms with Crippen LogP contribution in [0.25, 0.3) is 10.9 Å². The Balaban J connectivity index is 1.82. The number of hydrogen-bond acceptors (Lipinski definition) is 1. The number of carbonyl (C=O) groups excluding carboxylic acids is 1. The zero-order chi connectivity index (χ0) is 12.5. The van der Waals surface area contributed by atoms with Crippen molar-refractivity contribution in [3.05, 3.63) is 36.0 Å². The Morgan fingerprint density at radius 2 is 2.17 bits per heavy atom. The van der Waals surface area contributed by atoms with E-state index in [2.05, 4.69) is 41.8 Å². The maximum atomic E-state index is 11.7. The highest BCUT2D eigenvalue weighted by atomic mass is 16.1. The summed E-state index contributed by atoms with van der Waals surface area (Å²) in [6, 6.07) is 10.7. The van der Waals surface area contributed by atoms with Gasteiger partial charge in [-0.1, -0.05) is 18.2 Å². The van der Waals surface area contributed by atoms with Gasteiger partial charge in [-0.15, -0.1) is 0 Å². The molecule has 1 aliphatic carbocycles. The van der Waals surface area contributed by atoms with Crippen molar-refractivity contribution in [1.82, 2.24) is 4.57 Å². The first kappa shape index (κ1) is 11.5. The molecular weight excluding hydrogens is 222 g/mol. The monoisotopic (exact) mass is 241 g/mol. The quantitative estimate of drug-likeness (QED) is 0.803. The van der Waals surface area contributed by atoms with Crippen molar-refractivity contribution in [1.29, 1.82) is 0 Å². The van der Waals surface area contributed by atoms with E-state index >= 15 is 0 Å². The molecule has 1 heterocycles. The minimum Gasteiger partial charge on any atom is -0.345 e. The van der Waals surface area contributed by atoms with E-state index in [0.29, 0.717) is 11.7 Å². The average Bonchev–Trinajstić information content (AvgIpc) is 2.90. The normalized spacial score (nSPS) is 19.8. The first-order valence-electron chi connectivity index (χ1n) is 6.83. The minimum atomic E-state index is 0.311. The van der Waals surface area contributed by atoms with Gasteiger partial charge in [-0.2, -0.15) is 0 Å². The third-order valence-corrected chi connectivity index (χ3v) is 4.15. The van der Waals surface area contributed by atoms with Crippen LogP contribution >= 0.6 is 0 Å². The number of carbonyl (C=O) groups is 1. The van der Waals surface area contributed by atoms with Gasteiger partial charge in [0.2, 0.25) is 0 Å². The van der Waals surface area contributed by atoms with Crippen LogP contribution in [0.4, 0.5) is 0 Å². The van der Waals surface area contributed by atoms with E-state index in [9.17, 15) is 4.79 Å². The number of Topliss-reactive ketones (excluding diaryl/α,β-unsaturated/α-hetero) is 1. The Labute approximate surface area is 108 Å². The van der Waals surface area contributed by atoms with E-state index in [4.69, 9.17) is 0 Å². The van der Waals surface area contributed by atoms with Crippen LogP contribution in [0.5, 0.6) is 0 Å². The summed E-state index contributed by atoms with van der Waals surface area (Å²) in [5.41, 5.74) is 2.59. The van der Waals surface area contributed by atoms with E-state index in [1.165, 1.54) is 16.6 Å². The van der Waals surface area contributed by atoms with E-state index < -0.39 is 0 Å². The number of benzene rings is 1. The molecule has 18 heavy (non-hydrogen) atoms. The molecule has 1 aromatic carbocycles. The van der Waals surface area contributed by atoms with Crippen molar-refractivity contribution in [2.45, 2.75) is 39.2 Å². The van der Waals surface area contributed by atoms with Gasteiger partial charge < -0.3 is 4.57 Å². The molecule has 2 aromatic rings. The second kappa shape index (κ2) is 4.60. The predicted molar refractivity (Wildman–Crippen MR) is 73.6 cm³/mol. The van der Waals surface area contributed by atoms with Gasteiger partial charge in [0.05, 0.1) is 0 Å². The highest BCUT2D eigenvalue weighted by molar-refractivity contribution is 5.83. The minimum absolute atomic E-state index is 0.311. The molecule has 1 aliphatic rings. The summed E-state index contributed by atoms with van der Waals surface area (Å²) in [4.78, 5) is 11.7. The van der Waals surface area contributed by atoms with Crippen molar-refractivity contribution in [2.24, 2.45) is 5.92 Å². The number of fused-ring (bicyclic) bond motifs is 1. The first-order valence-corrected chi connectivity index (χ1v) is 6.83. The zero-order valence-corrected chi connectivity index (χ0v) is 10.9. The van der Waals surface area contributed by atoms with Gasteiger partial charge in [0, 0.05) is 30.1 Å². The van der Waals surface area contributed by atoms with Gasteiger partial charge in [-0.3, -0.25) is 4.79 Å². The van der Waals surface area contributed by atoms with Gasteiger partial charge in [0.1, 0.15) is 5.78 Å². The molecule has 0 aliphatic heterocycles. The molecule has 1 unspecified atom stereocenters. The lowest BCUT2D eigenvalue weighted by molar-refractivity contribution is -0.120. The third-order valence-electron chi connectivity index (χ3n) is 4.15. The molecule has 3 rings (SSSR count). The van der Waals surface area contributed by atoms with Crippen LogP contribution in [0.1, 0.15) is 31.4 Å². The van der Waals surface area contributed by atoms with Gasteiger partial charge in [-0.05, 0) is 43.7 Å². The van der Waals surface area contributed by atoms with E-state index in [-0.39, 0.29) is 0 Å². The summed E-state index contributed by atoms with van der Waals surface area (Å²) in [5, 5.41) is 1.30. The Hall–Kier alpha value is -1.57. The number of rotatable bonds is 3. The van der Waals surface area contributed by atoms with Crippen LogP contribution in [-0.2, 0) is 11.3 Å². The molecule has 1 saturated carbocycles. The molecule has 2 heteroatoms. The van der Waals surface area contributed by atoms with Crippen LogP contribution in [0.15, 0.2) is 30.3 Å². The van der Waals surface area contributed by atoms with Gasteiger partial charge in [-0.25, -0.2) is 0 Å². The first-order chi connectivity index (χ1) is 8.75. The molecule has 1 fully saturated rings. The van der Waals surface area contributed by atoms with Crippen LogP contribution in [-0.4, -0.2) is 10.4 Å². The zero-order valence-electron chi connectivity index (χ0n) is 10.9. The number of hydrogen-bond donors (Lipinski definition) is 0. The molecule has 0 bridgehead atoms. The number of aryl methyl sites for hydroxylation is 2. The fourth-order valence-corrected chi connectivity index (χ4v) is 3.12. The van der Waals surface area contributed by atoms with E-state index in [1.54, 1.807) is 0 Å². The Morgan fingerprint density at radius 1 is 1.33 bits per heavy atom. The maximum absolute atomic E-state index is 11.7. The summed E-state index contributed by atoms with van der Waals surface area (Å²) >= 11 is 0. The topological polar surface area (TPSA) is 22.0 Å². The van der Waals surface area contributed by atoms with Crippen LogP contribution in [0.2, 0.25) is 0 Å². The molecular formula is C16H19NO. The summed E-state index contributed by atoms with van der Waals surface area (Å²) < 4.78 is 2.35. The lowest BCUT2D eigenvalue weighted by Gasteiger charge is -2.11. The van der Waals surface area contributed by atoms with Gasteiger partial charge in [0.25, 0.3) is 0 Å². The second-order valence-corrected chi connectivity index (χ2v) is 5.34. The number of para-hydroxylation sites is 1. The van der Waals surface area contributed by atoms with Crippen LogP contribution < -0.4 is 0 Å². The third kappa shape index (κ3) is 1.96. The number of ketones is 1. The predicted octanol–water partition coefficient (Wildman–Crippen LogP) is 3.71. The molecule has 0 radical (unpaired) electrons. The molecule has 1 aromatic heterocycles. The maximum Gasteiger partial charge on any atom is 0.136 e. The molecule has 94 valence electrons. The molecule has 0 N–H and O–H groups in total. The van der Waals surface area contributed by atoms with Crippen LogP contribution in [0.3, 0.4) is 0 Å². The highest BCUT2D eigenvalue weighted by Crippen LogP contribution is 2.26. The van der Waals surface area contributed by atoms with E-state index in [1.807, 2.05) is 0 Å². The lowest BCUT2D eigenvalue weighted by Crippen LogP contribution is -2.11. The Kier molecular flexibility index (Phi) is 2.94. The lowest BCUT2D eigenvalue weighted by atomic mass is 10.0. The van der Waals surface area contributed by atoms with Crippen LogP contribution in [0, 0.1) is 12.8 Å². The van der Waals surface area contributed by atoms with Crippen molar-refractivity contribution >= 4 is 16.7 Å². The van der Waals surface area contributed by atoms with Crippen molar-refractivity contribution in [2.75, 3.05) is 0 Å². The van der Waals surface area contributed by atoms with Crippen molar-refractivity contribution < 1.29 is 4.79 Å². The summed E-state index contributed by atoms with van der Waals surface area (Å²) in [5.74, 6) is 0.787. The largest absolute Gasteiger partial charge is 0.345 e. The summed E-state index contributed by atoms with van der Waals surface area (Å²) in [6.45, 7) is 3.12. The van der Waals surface area contributed by atoms with Gasteiger partial charge in [0.15, 0.2) is 0 Å². The standard InChI is InChI=1S/C16H19NO/c1-12-11-14-5-2-3-7-15(14)17(12)10-9-13-6-4-8-16(13)18/h2-3,5,7,11,13H,4,6,8-10H2,1H3. The smallest absolute Gasteiger partial charge is 0.136 e. The number of nitrogens with zero attached hydrogens (tertiary/aromatic N) is 1. The Morgan fingerprint density at radius 3 is 2.94 bits per heavy atom. The molecule has 2 nitrogen and oxygen atoms in total. The summed E-state index contributed by atoms with van der Waals surface area (Å²) in [7, 11) is 0. The van der Waals surface area contributed by atoms with Crippen molar-refractivity contribution in [3.63, 3.8) is 0 Å². The molecule has 0 amide bonds. The van der Waals surface area contributed by atoms with Crippen molar-refractivity contribution in [3.8, 4) is 0 Å². The average molecular weight is 241 g/mol. The fourth-order valence-electron chi connectivity index (χ4n) is 3.12. The second-order valence-electron chi connectivity index (χ2n) is 5.34. The fraction of sp³-hybridized carbons (Fsp3) is 0.438. The SMILES string of the molecule is Cc1cc2ccccc2n1CCC1CCCC1=O.